The number of thiocarbonyl (C=S) groups is 1. The number of hydrogen-bond donors (Lipinski definition) is 2. The zero-order valence-corrected chi connectivity index (χ0v) is 14.2. The first-order valence-corrected chi connectivity index (χ1v) is 8.37. The lowest BCUT2D eigenvalue weighted by atomic mass is 10.1. The fraction of sp³-hybridized carbons (Fsp3) is 0.278. The van der Waals surface area contributed by atoms with Crippen molar-refractivity contribution >= 4 is 28.8 Å². The molecule has 23 heavy (non-hydrogen) atoms. The first kappa shape index (κ1) is 16.1. The Morgan fingerprint density at radius 2 is 1.61 bits per heavy atom. The minimum atomic E-state index is -0.0701. The third-order valence-corrected chi connectivity index (χ3v) is 4.86. The predicted molar refractivity (Wildman–Crippen MR) is 96.0 cm³/mol. The molecule has 0 aromatic heterocycles. The number of halogens is 1. The highest BCUT2D eigenvalue weighted by molar-refractivity contribution is 7.80. The van der Waals surface area contributed by atoms with Crippen LogP contribution in [0.1, 0.15) is 29.5 Å². The minimum Gasteiger partial charge on any atom is -0.504 e. The van der Waals surface area contributed by atoms with Gasteiger partial charge in [-0.2, -0.15) is 0 Å². The van der Waals surface area contributed by atoms with Gasteiger partial charge in [-0.1, -0.05) is 36.0 Å². The molecule has 0 aliphatic carbocycles. The van der Waals surface area contributed by atoms with Gasteiger partial charge in [-0.3, -0.25) is 0 Å². The van der Waals surface area contributed by atoms with Crippen LogP contribution in [0.4, 0.5) is 0 Å². The summed E-state index contributed by atoms with van der Waals surface area (Å²) in [6.45, 7) is 1.39. The van der Waals surface area contributed by atoms with Crippen LogP contribution in [0.25, 0.3) is 0 Å². The molecule has 2 aromatic carbocycles. The molecule has 5 heteroatoms. The summed E-state index contributed by atoms with van der Waals surface area (Å²) >= 11 is 11.4. The average molecular weight is 348 g/mol. The van der Waals surface area contributed by atoms with Gasteiger partial charge in [0.25, 0.3) is 0 Å². The lowest BCUT2D eigenvalue weighted by molar-refractivity contribution is 0.403. The number of aryl methyl sites for hydroxylation is 1. The maximum atomic E-state index is 9.58. The molecule has 0 unspecified atom stereocenters. The molecule has 1 aliphatic rings. The summed E-state index contributed by atoms with van der Waals surface area (Å²) in [6.07, 6.45) is 2.81. The molecule has 120 valence electrons. The summed E-state index contributed by atoms with van der Waals surface area (Å²) in [7, 11) is 0. The highest BCUT2D eigenvalue weighted by atomic mass is 35.5. The van der Waals surface area contributed by atoms with Crippen molar-refractivity contribution in [3.63, 3.8) is 0 Å². The monoisotopic (exact) mass is 347 g/mol. The molecule has 3 rings (SSSR count). The number of benzene rings is 2. The number of nitrogens with zero attached hydrogens (tertiary/aromatic N) is 1. The molecule has 2 aromatic rings. The van der Waals surface area contributed by atoms with Crippen molar-refractivity contribution in [2.24, 2.45) is 0 Å². The van der Waals surface area contributed by atoms with Crippen LogP contribution in [0.5, 0.6) is 11.5 Å². The molecule has 0 bridgehead atoms. The van der Waals surface area contributed by atoms with Crippen LogP contribution in [0.2, 0.25) is 5.02 Å². The molecular weight excluding hydrogens is 330 g/mol. The molecule has 0 spiro atoms. The van der Waals surface area contributed by atoms with E-state index < -0.39 is 0 Å². The summed E-state index contributed by atoms with van der Waals surface area (Å²) in [4.78, 5) is 3.05. The fourth-order valence-electron chi connectivity index (χ4n) is 2.85. The lowest BCUT2D eigenvalue weighted by Crippen LogP contribution is -2.23. The molecular formula is C18H18ClNO2S. The highest BCUT2D eigenvalue weighted by Gasteiger charge is 2.22. The minimum absolute atomic E-state index is 0.0701. The maximum absolute atomic E-state index is 9.58. The van der Waals surface area contributed by atoms with Crippen LogP contribution in [0, 0.1) is 0 Å². The number of fused-ring (bicyclic) bond motifs is 1. The van der Waals surface area contributed by atoms with Crippen LogP contribution < -0.4 is 0 Å². The molecule has 3 nitrogen and oxygen atoms in total. The van der Waals surface area contributed by atoms with Crippen molar-refractivity contribution in [1.29, 1.82) is 0 Å². The molecule has 0 saturated heterocycles. The van der Waals surface area contributed by atoms with E-state index in [1.807, 2.05) is 24.3 Å². The Bertz CT molecular complexity index is 700. The van der Waals surface area contributed by atoms with Gasteiger partial charge in [0.05, 0.1) is 4.99 Å². The van der Waals surface area contributed by atoms with Gasteiger partial charge in [0.15, 0.2) is 11.5 Å². The molecule has 0 amide bonds. The molecule has 0 fully saturated rings. The third kappa shape index (κ3) is 3.77. The Balaban J connectivity index is 1.53. The summed E-state index contributed by atoms with van der Waals surface area (Å²) < 4.78 is 0. The van der Waals surface area contributed by atoms with Gasteiger partial charge in [-0.25, -0.2) is 0 Å². The number of rotatable bonds is 4. The van der Waals surface area contributed by atoms with Gasteiger partial charge in [0.1, 0.15) is 0 Å². The molecule has 1 heterocycles. The first-order chi connectivity index (χ1) is 11.0. The van der Waals surface area contributed by atoms with Gasteiger partial charge >= 0.3 is 0 Å². The van der Waals surface area contributed by atoms with Crippen molar-refractivity contribution in [1.82, 2.24) is 4.90 Å². The van der Waals surface area contributed by atoms with E-state index in [4.69, 9.17) is 23.8 Å². The highest BCUT2D eigenvalue weighted by Crippen LogP contribution is 2.33. The summed E-state index contributed by atoms with van der Waals surface area (Å²) in [5.74, 6) is -0.140. The van der Waals surface area contributed by atoms with E-state index >= 15 is 0 Å². The largest absolute Gasteiger partial charge is 0.504 e. The molecule has 0 atom stereocenters. The fourth-order valence-corrected chi connectivity index (χ4v) is 3.25. The van der Waals surface area contributed by atoms with E-state index in [9.17, 15) is 10.2 Å². The van der Waals surface area contributed by atoms with Crippen molar-refractivity contribution in [2.45, 2.75) is 32.4 Å². The quantitative estimate of drug-likeness (QED) is 0.635. The van der Waals surface area contributed by atoms with E-state index in [2.05, 4.69) is 4.90 Å². The summed E-state index contributed by atoms with van der Waals surface area (Å²) in [6, 6.07) is 11.2. The average Bonchev–Trinajstić information content (AvgIpc) is 2.92. The molecule has 0 radical (unpaired) electrons. The zero-order chi connectivity index (χ0) is 16.4. The van der Waals surface area contributed by atoms with Crippen molar-refractivity contribution in [3.8, 4) is 11.5 Å². The second-order valence-electron chi connectivity index (χ2n) is 5.84. The predicted octanol–water partition coefficient (Wildman–Crippen LogP) is 4.42. The van der Waals surface area contributed by atoms with Crippen molar-refractivity contribution < 1.29 is 10.2 Å². The number of phenolic OH excluding ortho intramolecular Hbond substituents is 2. The van der Waals surface area contributed by atoms with Gasteiger partial charge in [-0.05, 0) is 60.2 Å². The van der Waals surface area contributed by atoms with E-state index in [0.717, 1.165) is 40.4 Å². The van der Waals surface area contributed by atoms with E-state index in [0.29, 0.717) is 13.1 Å². The lowest BCUT2D eigenvalue weighted by Gasteiger charge is -2.18. The van der Waals surface area contributed by atoms with Gasteiger partial charge < -0.3 is 15.1 Å². The second kappa shape index (κ2) is 6.77. The molecule has 0 saturated carbocycles. The van der Waals surface area contributed by atoms with Crippen LogP contribution >= 0.6 is 23.8 Å². The third-order valence-electron chi connectivity index (χ3n) is 4.14. The van der Waals surface area contributed by atoms with E-state index in [1.54, 1.807) is 12.1 Å². The summed E-state index contributed by atoms with van der Waals surface area (Å²) in [5, 5.41) is 19.9. The molecule has 2 N–H and O–H groups in total. The van der Waals surface area contributed by atoms with Crippen molar-refractivity contribution in [3.05, 3.63) is 58.1 Å². The SMILES string of the molecule is Oc1cc2c(cc1O)CN(C(=S)CCCc1ccc(Cl)cc1)C2. The van der Waals surface area contributed by atoms with Gasteiger partial charge in [0.2, 0.25) is 0 Å². The normalized spacial score (nSPS) is 13.2. The Morgan fingerprint density at radius 3 is 2.17 bits per heavy atom. The van der Waals surface area contributed by atoms with E-state index in [1.165, 1.54) is 5.56 Å². The maximum Gasteiger partial charge on any atom is 0.157 e. The Kier molecular flexibility index (Phi) is 4.74. The second-order valence-corrected chi connectivity index (χ2v) is 6.75. The topological polar surface area (TPSA) is 43.7 Å². The van der Waals surface area contributed by atoms with Crippen LogP contribution in [0.15, 0.2) is 36.4 Å². The first-order valence-electron chi connectivity index (χ1n) is 7.59. The van der Waals surface area contributed by atoms with Crippen LogP contribution in [-0.2, 0) is 19.5 Å². The van der Waals surface area contributed by atoms with Crippen LogP contribution in [-0.4, -0.2) is 20.1 Å². The number of hydrogen-bond acceptors (Lipinski definition) is 3. The van der Waals surface area contributed by atoms with Crippen molar-refractivity contribution in [2.75, 3.05) is 0 Å². The van der Waals surface area contributed by atoms with E-state index in [-0.39, 0.29) is 11.5 Å². The van der Waals surface area contributed by atoms with Crippen LogP contribution in [0.3, 0.4) is 0 Å². The number of phenols is 2. The van der Waals surface area contributed by atoms with Gasteiger partial charge in [-0.15, -0.1) is 0 Å². The molecule has 1 aliphatic heterocycles. The Morgan fingerprint density at radius 1 is 1.04 bits per heavy atom. The van der Waals surface area contributed by atoms with Gasteiger partial charge in [0, 0.05) is 18.1 Å². The summed E-state index contributed by atoms with van der Waals surface area (Å²) in [5.41, 5.74) is 3.32. The number of aromatic hydroxyl groups is 2. The Labute approximate surface area is 146 Å². The Hall–Kier alpha value is -1.78. The zero-order valence-electron chi connectivity index (χ0n) is 12.6. The smallest absolute Gasteiger partial charge is 0.157 e. The standard InChI is InChI=1S/C18H18ClNO2S/c19-15-6-4-12(5-7-15)2-1-3-18(23)20-10-13-8-16(21)17(22)9-14(13)11-20/h4-9,21-22H,1-3,10-11H2.